The highest BCUT2D eigenvalue weighted by atomic mass is 35.5. The number of hydrogen-bond donors (Lipinski definition) is 2. The number of aromatic nitrogens is 2. The first-order chi connectivity index (χ1) is 8.66. The van der Waals surface area contributed by atoms with Crippen molar-refractivity contribution in [3.05, 3.63) is 41.1 Å². The highest BCUT2D eigenvalue weighted by Crippen LogP contribution is 2.13. The summed E-state index contributed by atoms with van der Waals surface area (Å²) in [7, 11) is 1.84. The molecule has 0 fully saturated rings. The Morgan fingerprint density at radius 1 is 1.50 bits per heavy atom. The molecule has 7 heteroatoms. The summed E-state index contributed by atoms with van der Waals surface area (Å²) < 4.78 is 6.90. The third-order valence-electron chi connectivity index (χ3n) is 2.43. The van der Waals surface area contributed by atoms with Crippen molar-refractivity contribution >= 4 is 28.9 Å². The second-order valence-corrected chi connectivity index (χ2v) is 4.49. The molecule has 0 amide bonds. The van der Waals surface area contributed by atoms with E-state index in [-0.39, 0.29) is 0 Å². The quantitative estimate of drug-likeness (QED) is 0.839. The van der Waals surface area contributed by atoms with Gasteiger partial charge in [-0.2, -0.15) is 5.10 Å². The summed E-state index contributed by atoms with van der Waals surface area (Å²) in [6, 6.07) is 3.72. The summed E-state index contributed by atoms with van der Waals surface area (Å²) in [5.41, 5.74) is 0.888. The van der Waals surface area contributed by atoms with Crippen LogP contribution >= 0.6 is 23.8 Å². The summed E-state index contributed by atoms with van der Waals surface area (Å²) in [4.78, 5) is 0. The molecule has 0 spiro atoms. The van der Waals surface area contributed by atoms with E-state index in [2.05, 4.69) is 15.7 Å². The van der Waals surface area contributed by atoms with E-state index in [1.807, 2.05) is 19.2 Å². The lowest BCUT2D eigenvalue weighted by Gasteiger charge is -2.09. The minimum Gasteiger partial charge on any atom is -0.467 e. The van der Waals surface area contributed by atoms with Crippen LogP contribution in [0.5, 0.6) is 0 Å². The first kappa shape index (κ1) is 12.9. The molecule has 0 radical (unpaired) electrons. The van der Waals surface area contributed by atoms with E-state index in [1.165, 1.54) is 0 Å². The molecule has 5 nitrogen and oxygen atoms in total. The van der Waals surface area contributed by atoms with Gasteiger partial charge in [0, 0.05) is 7.05 Å². The monoisotopic (exact) mass is 284 g/mol. The lowest BCUT2D eigenvalue weighted by Crippen LogP contribution is -2.34. The van der Waals surface area contributed by atoms with Gasteiger partial charge in [0.25, 0.3) is 0 Å². The average molecular weight is 285 g/mol. The Balaban J connectivity index is 1.78. The zero-order chi connectivity index (χ0) is 13.0. The van der Waals surface area contributed by atoms with Crippen LogP contribution in [-0.4, -0.2) is 14.9 Å². The first-order valence-corrected chi connectivity index (χ1v) is 6.16. The first-order valence-electron chi connectivity index (χ1n) is 5.37. The van der Waals surface area contributed by atoms with Crippen LogP contribution < -0.4 is 10.6 Å². The van der Waals surface area contributed by atoms with Gasteiger partial charge in [0.05, 0.1) is 36.3 Å². The molecule has 0 unspecified atom stereocenters. The van der Waals surface area contributed by atoms with Crippen LogP contribution in [0.2, 0.25) is 5.02 Å². The molecular formula is C11H13ClN4OS. The van der Waals surface area contributed by atoms with Crippen LogP contribution in [0.1, 0.15) is 11.5 Å². The van der Waals surface area contributed by atoms with Crippen LogP contribution in [0.3, 0.4) is 0 Å². The van der Waals surface area contributed by atoms with Crippen molar-refractivity contribution in [2.45, 2.75) is 13.1 Å². The third-order valence-corrected chi connectivity index (χ3v) is 3.03. The van der Waals surface area contributed by atoms with E-state index in [9.17, 15) is 0 Å². The van der Waals surface area contributed by atoms with Crippen molar-refractivity contribution in [3.8, 4) is 0 Å². The SMILES string of the molecule is Cn1ncc(Cl)c1CNC(=S)NCc1ccco1. The van der Waals surface area contributed by atoms with E-state index in [0.717, 1.165) is 11.5 Å². The van der Waals surface area contributed by atoms with Gasteiger partial charge in [0.1, 0.15) is 5.76 Å². The Morgan fingerprint density at radius 2 is 2.28 bits per heavy atom. The molecule has 0 aliphatic heterocycles. The van der Waals surface area contributed by atoms with E-state index < -0.39 is 0 Å². The van der Waals surface area contributed by atoms with Crippen molar-refractivity contribution in [1.82, 2.24) is 20.4 Å². The van der Waals surface area contributed by atoms with Crippen molar-refractivity contribution in [3.63, 3.8) is 0 Å². The molecular weight excluding hydrogens is 272 g/mol. The maximum absolute atomic E-state index is 5.98. The second-order valence-electron chi connectivity index (χ2n) is 3.68. The van der Waals surface area contributed by atoms with Crippen LogP contribution in [0.25, 0.3) is 0 Å². The molecule has 2 aromatic heterocycles. The van der Waals surface area contributed by atoms with Crippen LogP contribution in [0.15, 0.2) is 29.0 Å². The van der Waals surface area contributed by atoms with Crippen molar-refractivity contribution in [2.24, 2.45) is 7.05 Å². The highest BCUT2D eigenvalue weighted by molar-refractivity contribution is 7.80. The molecule has 96 valence electrons. The molecule has 2 N–H and O–H groups in total. The van der Waals surface area contributed by atoms with Crippen molar-refractivity contribution < 1.29 is 4.42 Å². The number of hydrogen-bond acceptors (Lipinski definition) is 3. The zero-order valence-corrected chi connectivity index (χ0v) is 11.4. The Bertz CT molecular complexity index is 504. The van der Waals surface area contributed by atoms with Crippen molar-refractivity contribution in [2.75, 3.05) is 0 Å². The fourth-order valence-electron chi connectivity index (χ4n) is 1.44. The van der Waals surface area contributed by atoms with Gasteiger partial charge in [0.15, 0.2) is 5.11 Å². The molecule has 0 bridgehead atoms. The lowest BCUT2D eigenvalue weighted by atomic mass is 10.4. The average Bonchev–Trinajstić information content (AvgIpc) is 2.96. The highest BCUT2D eigenvalue weighted by Gasteiger charge is 2.06. The summed E-state index contributed by atoms with van der Waals surface area (Å²) in [5.74, 6) is 0.831. The molecule has 2 aromatic rings. The van der Waals surface area contributed by atoms with Gasteiger partial charge in [-0.3, -0.25) is 4.68 Å². The van der Waals surface area contributed by atoms with E-state index in [4.69, 9.17) is 28.2 Å². The minimum absolute atomic E-state index is 0.527. The standard InChI is InChI=1S/C11H13ClN4OS/c1-16-10(9(12)6-15-16)7-14-11(18)13-5-8-3-2-4-17-8/h2-4,6H,5,7H2,1H3,(H2,13,14,18). The molecule has 0 aromatic carbocycles. The second kappa shape index (κ2) is 5.88. The summed E-state index contributed by atoms with van der Waals surface area (Å²) in [6.07, 6.45) is 3.24. The summed E-state index contributed by atoms with van der Waals surface area (Å²) in [6.45, 7) is 1.08. The predicted octanol–water partition coefficient (Wildman–Crippen LogP) is 1.83. The fourth-order valence-corrected chi connectivity index (χ4v) is 1.82. The largest absolute Gasteiger partial charge is 0.467 e. The Labute approximate surface area is 115 Å². The van der Waals surface area contributed by atoms with E-state index >= 15 is 0 Å². The van der Waals surface area contributed by atoms with Gasteiger partial charge in [-0.05, 0) is 24.4 Å². The van der Waals surface area contributed by atoms with E-state index in [1.54, 1.807) is 17.1 Å². The normalized spacial score (nSPS) is 10.3. The smallest absolute Gasteiger partial charge is 0.166 e. The zero-order valence-electron chi connectivity index (χ0n) is 9.81. The number of nitrogens with zero attached hydrogens (tertiary/aromatic N) is 2. The van der Waals surface area contributed by atoms with Crippen LogP contribution in [0.4, 0.5) is 0 Å². The molecule has 0 aliphatic carbocycles. The van der Waals surface area contributed by atoms with Crippen LogP contribution in [0, 0.1) is 0 Å². The Kier molecular flexibility index (Phi) is 4.22. The molecule has 18 heavy (non-hydrogen) atoms. The van der Waals surface area contributed by atoms with Gasteiger partial charge in [-0.25, -0.2) is 0 Å². The number of aryl methyl sites for hydroxylation is 1. The Morgan fingerprint density at radius 3 is 2.89 bits per heavy atom. The maximum Gasteiger partial charge on any atom is 0.166 e. The molecule has 0 atom stereocenters. The number of rotatable bonds is 4. The lowest BCUT2D eigenvalue weighted by molar-refractivity contribution is 0.502. The fraction of sp³-hybridized carbons (Fsp3) is 0.273. The van der Waals surface area contributed by atoms with Gasteiger partial charge in [-0.1, -0.05) is 11.6 Å². The number of thiocarbonyl (C=S) groups is 1. The summed E-state index contributed by atoms with van der Waals surface area (Å²) in [5, 5.41) is 11.3. The molecule has 0 saturated carbocycles. The number of furan rings is 1. The maximum atomic E-state index is 5.98. The Hall–Kier alpha value is -1.53. The predicted molar refractivity (Wildman–Crippen MR) is 73.2 cm³/mol. The minimum atomic E-state index is 0.527. The molecule has 0 aliphatic rings. The molecule has 2 rings (SSSR count). The van der Waals surface area contributed by atoms with Crippen molar-refractivity contribution in [1.29, 1.82) is 0 Å². The van der Waals surface area contributed by atoms with Gasteiger partial charge >= 0.3 is 0 Å². The van der Waals surface area contributed by atoms with Gasteiger partial charge in [0.2, 0.25) is 0 Å². The summed E-state index contributed by atoms with van der Waals surface area (Å²) >= 11 is 11.1. The number of halogens is 1. The molecule has 2 heterocycles. The van der Waals surface area contributed by atoms with Gasteiger partial charge < -0.3 is 15.1 Å². The van der Waals surface area contributed by atoms with E-state index in [0.29, 0.717) is 23.2 Å². The third kappa shape index (κ3) is 3.24. The van der Waals surface area contributed by atoms with Gasteiger partial charge in [-0.15, -0.1) is 0 Å². The molecule has 0 saturated heterocycles. The number of nitrogens with one attached hydrogen (secondary N) is 2. The van der Waals surface area contributed by atoms with Crippen LogP contribution in [-0.2, 0) is 20.1 Å². The topological polar surface area (TPSA) is 55.0 Å².